The Morgan fingerprint density at radius 3 is 1.81 bits per heavy atom. The predicted molar refractivity (Wildman–Crippen MR) is 127 cm³/mol. The number of likely N-dealkylation sites (N-methyl/N-ethyl adjacent to an activating group) is 1. The summed E-state index contributed by atoms with van der Waals surface area (Å²) in [6.45, 7) is 13.1. The zero-order valence-electron chi connectivity index (χ0n) is 20.4. The van der Waals surface area contributed by atoms with Gasteiger partial charge in [0.25, 0.3) is 0 Å². The lowest BCUT2D eigenvalue weighted by Gasteiger charge is -2.18. The fourth-order valence-corrected chi connectivity index (χ4v) is 2.04. The van der Waals surface area contributed by atoms with Crippen LogP contribution in [0.1, 0.15) is 54.0 Å². The van der Waals surface area contributed by atoms with E-state index in [0.29, 0.717) is 0 Å². The van der Waals surface area contributed by atoms with Gasteiger partial charge < -0.3 is 21.3 Å². The lowest BCUT2D eigenvalue weighted by Crippen LogP contribution is -2.51. The second kappa shape index (κ2) is 23.5. The fraction of sp³-hybridized carbons (Fsp3) is 0.565. The summed E-state index contributed by atoms with van der Waals surface area (Å²) in [7, 11) is 1.62. The Morgan fingerprint density at radius 1 is 0.774 bits per heavy atom. The van der Waals surface area contributed by atoms with E-state index >= 15 is 0 Å². The summed E-state index contributed by atoms with van der Waals surface area (Å²) in [5.41, 5.74) is 0.866. The third kappa shape index (κ3) is 19.0. The first-order chi connectivity index (χ1) is 14.9. The van der Waals surface area contributed by atoms with Crippen LogP contribution in [0.5, 0.6) is 0 Å². The first-order valence-corrected chi connectivity index (χ1v) is 10.9. The molecule has 1 atom stereocenters. The topological polar surface area (TPSA) is 116 Å². The maximum Gasteiger partial charge on any atom is 0.243 e. The van der Waals surface area contributed by atoms with Crippen LogP contribution >= 0.6 is 0 Å². The summed E-state index contributed by atoms with van der Waals surface area (Å²) in [6.07, 6.45) is 0.279. The van der Waals surface area contributed by atoms with Crippen LogP contribution in [0, 0.1) is 0 Å². The van der Waals surface area contributed by atoms with Gasteiger partial charge in [-0.2, -0.15) is 0 Å². The minimum Gasteiger partial charge on any atom is -0.347 e. The van der Waals surface area contributed by atoms with Crippen molar-refractivity contribution < 1.29 is 19.2 Å². The molecule has 0 saturated carbocycles. The first-order valence-electron chi connectivity index (χ1n) is 10.9. The van der Waals surface area contributed by atoms with Crippen molar-refractivity contribution in [1.29, 1.82) is 0 Å². The lowest BCUT2D eigenvalue weighted by molar-refractivity contribution is -0.130. The Bertz CT molecular complexity index is 607. The van der Waals surface area contributed by atoms with Gasteiger partial charge in [-0.1, -0.05) is 71.9 Å². The van der Waals surface area contributed by atoms with Crippen molar-refractivity contribution >= 4 is 23.5 Å². The molecule has 8 nitrogen and oxygen atoms in total. The lowest BCUT2D eigenvalue weighted by atomic mass is 10.1. The Labute approximate surface area is 187 Å². The molecule has 1 aromatic carbocycles. The summed E-state index contributed by atoms with van der Waals surface area (Å²) >= 11 is 0. The van der Waals surface area contributed by atoms with Crippen molar-refractivity contribution in [2.75, 3.05) is 26.7 Å². The van der Waals surface area contributed by atoms with E-state index < -0.39 is 17.9 Å². The molecule has 1 unspecified atom stereocenters. The van der Waals surface area contributed by atoms with Crippen molar-refractivity contribution in [3.8, 4) is 0 Å². The third-order valence-corrected chi connectivity index (χ3v) is 3.23. The molecule has 1 rings (SSSR count). The normalized spacial score (nSPS) is 9.68. The Morgan fingerprint density at radius 2 is 1.32 bits per heavy atom. The summed E-state index contributed by atoms with van der Waals surface area (Å²) in [5, 5.41) is 10.2. The molecule has 178 valence electrons. The summed E-state index contributed by atoms with van der Waals surface area (Å²) in [4.78, 5) is 46.7. The number of ketones is 1. The number of hydrogen-bond donors (Lipinski definition) is 4. The molecule has 0 heterocycles. The van der Waals surface area contributed by atoms with Gasteiger partial charge in [-0.25, -0.2) is 0 Å². The van der Waals surface area contributed by atoms with Crippen LogP contribution < -0.4 is 21.3 Å². The number of carbonyl (C=O) groups excluding carboxylic acids is 4. The van der Waals surface area contributed by atoms with Crippen molar-refractivity contribution in [1.82, 2.24) is 21.3 Å². The monoisotopic (exact) mass is 438 g/mol. The largest absolute Gasteiger partial charge is 0.347 e. The van der Waals surface area contributed by atoms with Gasteiger partial charge in [0.1, 0.15) is 11.8 Å². The molecule has 0 aromatic heterocycles. The van der Waals surface area contributed by atoms with Gasteiger partial charge in [0.05, 0.1) is 19.6 Å². The van der Waals surface area contributed by atoms with Crippen LogP contribution in [-0.2, 0) is 25.6 Å². The highest BCUT2D eigenvalue weighted by atomic mass is 16.2. The molecule has 3 amide bonds. The van der Waals surface area contributed by atoms with E-state index in [1.807, 2.05) is 71.9 Å². The van der Waals surface area contributed by atoms with Gasteiger partial charge >= 0.3 is 0 Å². The van der Waals surface area contributed by atoms with E-state index in [0.717, 1.165) is 5.56 Å². The first kappa shape index (κ1) is 32.9. The fourth-order valence-electron chi connectivity index (χ4n) is 2.04. The van der Waals surface area contributed by atoms with Crippen LogP contribution in [0.25, 0.3) is 0 Å². The number of amides is 3. The van der Waals surface area contributed by atoms with Gasteiger partial charge in [-0.3, -0.25) is 19.2 Å². The van der Waals surface area contributed by atoms with E-state index in [1.165, 1.54) is 6.92 Å². The average Bonchev–Trinajstić information content (AvgIpc) is 2.80. The summed E-state index contributed by atoms with van der Waals surface area (Å²) < 4.78 is 0. The van der Waals surface area contributed by atoms with Crippen LogP contribution in [0.15, 0.2) is 30.3 Å². The highest BCUT2D eigenvalue weighted by Crippen LogP contribution is 2.03. The Balaban J connectivity index is -0.00000120. The molecule has 0 radical (unpaired) electrons. The molecule has 0 aliphatic rings. The molecular formula is C23H42N4O4. The molecule has 8 heteroatoms. The van der Waals surface area contributed by atoms with Gasteiger partial charge in [-0.05, 0) is 19.5 Å². The molecule has 0 spiro atoms. The second-order valence-electron chi connectivity index (χ2n) is 5.54. The van der Waals surface area contributed by atoms with Gasteiger partial charge in [0, 0.05) is 6.42 Å². The molecule has 0 fully saturated rings. The maximum atomic E-state index is 12.3. The molecule has 4 N–H and O–H groups in total. The zero-order valence-corrected chi connectivity index (χ0v) is 20.4. The van der Waals surface area contributed by atoms with E-state index in [4.69, 9.17) is 0 Å². The van der Waals surface area contributed by atoms with Crippen LogP contribution in [0.3, 0.4) is 0 Å². The number of benzene rings is 1. The standard InChI is InChI=1S/C17H24N4O4.3C2H6/c1-12(22)9-20-17(25)14(8-13-6-4-3-5-7-13)21-16(24)11-19-15(23)10-18-2;3*1-2/h3-7,14,18H,8-11H2,1-2H3,(H,19,23)(H,20,25)(H,21,24);3*1-2H3. The number of carbonyl (C=O) groups is 4. The Kier molecular flexibility index (Phi) is 25.0. The smallest absolute Gasteiger partial charge is 0.243 e. The van der Waals surface area contributed by atoms with Crippen LogP contribution in [0.4, 0.5) is 0 Å². The zero-order chi connectivity index (χ0) is 24.7. The number of rotatable bonds is 10. The van der Waals surface area contributed by atoms with E-state index in [2.05, 4.69) is 21.3 Å². The molecule has 1 aromatic rings. The SMILES string of the molecule is CC.CC.CC.CNCC(=O)NCC(=O)NC(Cc1ccccc1)C(=O)NCC(C)=O. The number of Topliss-reactive ketones (excluding diaryl/α,β-unsaturated/α-hetero) is 1. The molecule has 0 saturated heterocycles. The van der Waals surface area contributed by atoms with Gasteiger partial charge in [0.2, 0.25) is 17.7 Å². The molecule has 0 aliphatic carbocycles. The molecule has 0 aliphatic heterocycles. The van der Waals surface area contributed by atoms with E-state index in [9.17, 15) is 19.2 Å². The van der Waals surface area contributed by atoms with Crippen LogP contribution in [0.2, 0.25) is 0 Å². The average molecular weight is 439 g/mol. The van der Waals surface area contributed by atoms with Crippen molar-refractivity contribution in [3.63, 3.8) is 0 Å². The number of nitrogens with one attached hydrogen (secondary N) is 4. The van der Waals surface area contributed by atoms with Gasteiger partial charge in [0.15, 0.2) is 0 Å². The Hall–Kier alpha value is -2.74. The minimum atomic E-state index is -0.838. The molecular weight excluding hydrogens is 396 g/mol. The van der Waals surface area contributed by atoms with E-state index in [1.54, 1.807) is 7.05 Å². The van der Waals surface area contributed by atoms with E-state index in [-0.39, 0.29) is 37.7 Å². The van der Waals surface area contributed by atoms with Gasteiger partial charge in [-0.15, -0.1) is 0 Å². The van der Waals surface area contributed by atoms with Crippen molar-refractivity contribution in [2.24, 2.45) is 0 Å². The predicted octanol–water partition coefficient (Wildman–Crippen LogP) is 1.83. The molecule has 31 heavy (non-hydrogen) atoms. The quantitative estimate of drug-likeness (QED) is 0.445. The highest BCUT2D eigenvalue weighted by molar-refractivity contribution is 5.92. The summed E-state index contributed by atoms with van der Waals surface area (Å²) in [5.74, 6) is -1.44. The third-order valence-electron chi connectivity index (χ3n) is 3.23. The number of hydrogen-bond acceptors (Lipinski definition) is 5. The maximum absolute atomic E-state index is 12.3. The van der Waals surface area contributed by atoms with Crippen molar-refractivity contribution in [2.45, 2.75) is 60.9 Å². The summed E-state index contributed by atoms with van der Waals surface area (Å²) in [6, 6.07) is 8.36. The van der Waals surface area contributed by atoms with Crippen molar-refractivity contribution in [3.05, 3.63) is 35.9 Å². The highest BCUT2D eigenvalue weighted by Gasteiger charge is 2.21. The van der Waals surface area contributed by atoms with Crippen LogP contribution in [-0.4, -0.2) is 56.2 Å². The second-order valence-corrected chi connectivity index (χ2v) is 5.54. The molecule has 0 bridgehead atoms. The minimum absolute atomic E-state index is 0.0970.